The molecule has 2 fully saturated rings. The Bertz CT molecular complexity index is 1150. The van der Waals surface area contributed by atoms with Gasteiger partial charge in [-0.1, -0.05) is 11.6 Å². The van der Waals surface area contributed by atoms with E-state index in [1.54, 1.807) is 17.2 Å². The van der Waals surface area contributed by atoms with Crippen molar-refractivity contribution in [1.82, 2.24) is 9.88 Å². The van der Waals surface area contributed by atoms with Crippen LogP contribution < -0.4 is 5.32 Å². The van der Waals surface area contributed by atoms with E-state index in [0.717, 1.165) is 42.5 Å². The van der Waals surface area contributed by atoms with Crippen LogP contribution in [0.2, 0.25) is 5.02 Å². The SMILES string of the molecule is O=C(c1ncc(Nc2ccc(F)c(Cl)c2)c2c1C1CCC2CC1)N1CCS(=O)(=O)CC1. The van der Waals surface area contributed by atoms with Crippen LogP contribution in [0.5, 0.6) is 0 Å². The average Bonchev–Trinajstić information content (AvgIpc) is 2.77. The first kappa shape index (κ1) is 20.7. The predicted molar refractivity (Wildman–Crippen MR) is 117 cm³/mol. The molecule has 1 aromatic carbocycles. The predicted octanol–water partition coefficient (Wildman–Crippen LogP) is 4.24. The van der Waals surface area contributed by atoms with Crippen molar-refractivity contribution in [3.8, 4) is 0 Å². The number of hydrogen-bond acceptors (Lipinski definition) is 5. The van der Waals surface area contributed by atoms with Gasteiger partial charge in [-0.15, -0.1) is 0 Å². The fourth-order valence-corrected chi connectivity index (χ4v) is 6.51. The monoisotopic (exact) mass is 463 g/mol. The van der Waals surface area contributed by atoms with Crippen molar-refractivity contribution in [1.29, 1.82) is 0 Å². The largest absolute Gasteiger partial charge is 0.354 e. The Kier molecular flexibility index (Phi) is 5.17. The van der Waals surface area contributed by atoms with Crippen LogP contribution in [0, 0.1) is 5.82 Å². The summed E-state index contributed by atoms with van der Waals surface area (Å²) in [6.45, 7) is 0.416. The highest BCUT2D eigenvalue weighted by molar-refractivity contribution is 7.91. The number of benzene rings is 1. The molecule has 1 N–H and O–H groups in total. The number of amides is 1. The third kappa shape index (κ3) is 3.80. The highest BCUT2D eigenvalue weighted by atomic mass is 35.5. The Morgan fingerprint density at radius 3 is 2.39 bits per heavy atom. The van der Waals surface area contributed by atoms with Crippen molar-refractivity contribution in [3.05, 3.63) is 52.1 Å². The number of carbonyl (C=O) groups excluding carboxylic acids is 1. The van der Waals surface area contributed by atoms with E-state index in [2.05, 4.69) is 10.3 Å². The maximum absolute atomic E-state index is 13.5. The van der Waals surface area contributed by atoms with E-state index < -0.39 is 15.7 Å². The van der Waals surface area contributed by atoms with Crippen LogP contribution in [0.15, 0.2) is 24.4 Å². The summed E-state index contributed by atoms with van der Waals surface area (Å²) in [7, 11) is -3.07. The number of carbonyl (C=O) groups is 1. The minimum Gasteiger partial charge on any atom is -0.354 e. The summed E-state index contributed by atoms with van der Waals surface area (Å²) in [5, 5.41) is 3.37. The van der Waals surface area contributed by atoms with Gasteiger partial charge in [0.1, 0.15) is 11.5 Å². The summed E-state index contributed by atoms with van der Waals surface area (Å²) in [6, 6.07) is 4.48. The minimum atomic E-state index is -3.07. The Morgan fingerprint density at radius 2 is 1.74 bits per heavy atom. The molecule has 0 radical (unpaired) electrons. The zero-order chi connectivity index (χ0) is 21.8. The summed E-state index contributed by atoms with van der Waals surface area (Å²) in [5.74, 6) is -0.0465. The lowest BCUT2D eigenvalue weighted by Gasteiger charge is -2.40. The number of fused-ring (bicyclic) bond motifs is 2. The van der Waals surface area contributed by atoms with Crippen LogP contribution in [0.1, 0.15) is 59.1 Å². The van der Waals surface area contributed by atoms with Gasteiger partial charge in [0.25, 0.3) is 5.91 Å². The van der Waals surface area contributed by atoms with Crippen LogP contribution in [0.4, 0.5) is 15.8 Å². The van der Waals surface area contributed by atoms with Crippen molar-refractivity contribution >= 4 is 38.7 Å². The lowest BCUT2D eigenvalue weighted by atomic mass is 9.66. The van der Waals surface area contributed by atoms with Crippen LogP contribution in [0.25, 0.3) is 0 Å². The molecule has 0 atom stereocenters. The quantitative estimate of drug-likeness (QED) is 0.736. The molecule has 0 spiro atoms. The first-order chi connectivity index (χ1) is 14.8. The number of pyridine rings is 1. The highest BCUT2D eigenvalue weighted by Crippen LogP contribution is 2.53. The van der Waals surface area contributed by atoms with Gasteiger partial charge >= 0.3 is 0 Å². The molecular weight excluding hydrogens is 441 g/mol. The fourth-order valence-electron chi connectivity index (χ4n) is 5.13. The number of halogens is 2. The second-order valence-electron chi connectivity index (χ2n) is 8.59. The van der Waals surface area contributed by atoms with E-state index in [1.807, 2.05) is 0 Å². The Balaban J connectivity index is 1.52. The number of rotatable bonds is 3. The van der Waals surface area contributed by atoms with Crippen LogP contribution in [0.3, 0.4) is 0 Å². The summed E-state index contributed by atoms with van der Waals surface area (Å²) < 4.78 is 37.1. The summed E-state index contributed by atoms with van der Waals surface area (Å²) in [6.07, 6.45) is 5.86. The molecule has 1 aliphatic heterocycles. The first-order valence-electron chi connectivity index (χ1n) is 10.6. The molecule has 3 aliphatic carbocycles. The molecule has 2 aromatic rings. The number of sulfone groups is 1. The average molecular weight is 464 g/mol. The maximum Gasteiger partial charge on any atom is 0.272 e. The molecule has 6 rings (SSSR count). The second-order valence-corrected chi connectivity index (χ2v) is 11.3. The van der Waals surface area contributed by atoms with E-state index in [0.29, 0.717) is 17.3 Å². The van der Waals surface area contributed by atoms with E-state index >= 15 is 0 Å². The number of aromatic nitrogens is 1. The highest BCUT2D eigenvalue weighted by Gasteiger charge is 2.39. The normalized spacial score (nSPS) is 24.0. The molecular formula is C22H23ClFN3O3S. The van der Waals surface area contributed by atoms with Crippen molar-refractivity contribution in [2.75, 3.05) is 29.9 Å². The van der Waals surface area contributed by atoms with Gasteiger partial charge in [0.05, 0.1) is 28.4 Å². The zero-order valence-corrected chi connectivity index (χ0v) is 18.5. The van der Waals surface area contributed by atoms with Gasteiger partial charge in [0.15, 0.2) is 9.84 Å². The second kappa shape index (κ2) is 7.74. The van der Waals surface area contributed by atoms with Crippen molar-refractivity contribution in [2.24, 2.45) is 0 Å². The molecule has 31 heavy (non-hydrogen) atoms. The summed E-state index contributed by atoms with van der Waals surface area (Å²) >= 11 is 5.94. The van der Waals surface area contributed by atoms with Gasteiger partial charge in [0, 0.05) is 18.8 Å². The van der Waals surface area contributed by atoms with E-state index in [4.69, 9.17) is 11.6 Å². The number of anilines is 2. The van der Waals surface area contributed by atoms with Gasteiger partial charge in [-0.25, -0.2) is 17.8 Å². The zero-order valence-electron chi connectivity index (χ0n) is 16.9. The Morgan fingerprint density at radius 1 is 1.10 bits per heavy atom. The van der Waals surface area contributed by atoms with Gasteiger partial charge < -0.3 is 10.2 Å². The van der Waals surface area contributed by atoms with Crippen molar-refractivity contribution in [3.63, 3.8) is 0 Å². The lowest BCUT2D eigenvalue weighted by molar-refractivity contribution is 0.0761. The molecule has 4 aliphatic rings. The van der Waals surface area contributed by atoms with E-state index in [-0.39, 0.29) is 41.4 Å². The summed E-state index contributed by atoms with van der Waals surface area (Å²) in [4.78, 5) is 19.5. The minimum absolute atomic E-state index is 0.00203. The number of nitrogens with zero attached hydrogens (tertiary/aromatic N) is 2. The van der Waals surface area contributed by atoms with Gasteiger partial charge in [-0.2, -0.15) is 0 Å². The topological polar surface area (TPSA) is 79.4 Å². The molecule has 164 valence electrons. The molecule has 2 heterocycles. The molecule has 0 unspecified atom stereocenters. The van der Waals surface area contributed by atoms with Gasteiger partial charge in [0.2, 0.25) is 0 Å². The molecule has 1 amide bonds. The molecule has 9 heteroatoms. The van der Waals surface area contributed by atoms with Crippen LogP contribution in [-0.2, 0) is 9.84 Å². The number of hydrogen-bond donors (Lipinski definition) is 1. The van der Waals surface area contributed by atoms with Gasteiger partial charge in [-0.3, -0.25) is 4.79 Å². The van der Waals surface area contributed by atoms with Crippen LogP contribution >= 0.6 is 11.6 Å². The standard InChI is InChI=1S/C22H23ClFN3O3S/c23-16-11-15(5-6-17(16)24)26-18-12-25-21(20-14-3-1-13(2-4-14)19(18)20)22(28)27-7-9-31(29,30)10-8-27/h5-6,11-14,26H,1-4,7-10H2. The molecule has 2 bridgehead atoms. The van der Waals surface area contributed by atoms with E-state index in [9.17, 15) is 17.6 Å². The third-order valence-electron chi connectivity index (χ3n) is 6.73. The molecule has 1 aromatic heterocycles. The fraction of sp³-hybridized carbons (Fsp3) is 0.455. The lowest BCUT2D eigenvalue weighted by Crippen LogP contribution is -2.44. The third-order valence-corrected chi connectivity index (χ3v) is 8.63. The Hall–Kier alpha value is -2.19. The van der Waals surface area contributed by atoms with Crippen molar-refractivity contribution in [2.45, 2.75) is 37.5 Å². The van der Waals surface area contributed by atoms with E-state index in [1.165, 1.54) is 12.1 Å². The molecule has 1 saturated carbocycles. The maximum atomic E-state index is 13.5. The smallest absolute Gasteiger partial charge is 0.272 e. The van der Waals surface area contributed by atoms with Gasteiger partial charge in [-0.05, 0) is 66.8 Å². The first-order valence-corrected chi connectivity index (χ1v) is 12.8. The molecule has 1 saturated heterocycles. The van der Waals surface area contributed by atoms with Crippen molar-refractivity contribution < 1.29 is 17.6 Å². The molecule has 6 nitrogen and oxygen atoms in total. The number of nitrogens with one attached hydrogen (secondary N) is 1. The van der Waals surface area contributed by atoms with Crippen LogP contribution in [-0.4, -0.2) is 48.8 Å². The summed E-state index contributed by atoms with van der Waals surface area (Å²) in [5.41, 5.74) is 4.05. The Labute approximate surface area is 185 Å².